The maximum atomic E-state index is 12.2. The average molecular weight is 270 g/mol. The van der Waals surface area contributed by atoms with Gasteiger partial charge in [0.2, 0.25) is 5.91 Å². The van der Waals surface area contributed by atoms with Crippen molar-refractivity contribution in [3.8, 4) is 0 Å². The smallest absolute Gasteiger partial charge is 0.410 e. The minimum Gasteiger partial charge on any atom is -0.444 e. The van der Waals surface area contributed by atoms with Crippen molar-refractivity contribution in [3.05, 3.63) is 0 Å². The van der Waals surface area contributed by atoms with E-state index in [4.69, 9.17) is 4.74 Å². The van der Waals surface area contributed by atoms with E-state index in [0.29, 0.717) is 13.0 Å². The lowest BCUT2D eigenvalue weighted by Gasteiger charge is -2.28. The molecule has 0 spiro atoms. The van der Waals surface area contributed by atoms with Gasteiger partial charge in [0.05, 0.1) is 5.41 Å². The van der Waals surface area contributed by atoms with E-state index in [2.05, 4.69) is 0 Å². The van der Waals surface area contributed by atoms with E-state index in [-0.39, 0.29) is 18.0 Å². The zero-order chi connectivity index (χ0) is 15.0. The molecule has 1 heterocycles. The Morgan fingerprint density at radius 2 is 1.84 bits per heavy atom. The standard InChI is InChI=1S/C14H26N2O3/c1-10-8-14(5,11(17)15(6)7)9-16(10)12(18)19-13(2,3)4/h10H,8-9H2,1-7H3. The SMILES string of the molecule is CC1CC(C)(C(=O)N(C)C)CN1C(=O)OC(C)(C)C. The number of ether oxygens (including phenoxy) is 1. The van der Waals surface area contributed by atoms with Crippen LogP contribution in [0.1, 0.15) is 41.0 Å². The summed E-state index contributed by atoms with van der Waals surface area (Å²) in [5.41, 5.74) is -1.03. The molecule has 1 saturated heterocycles. The van der Waals surface area contributed by atoms with Gasteiger partial charge >= 0.3 is 6.09 Å². The zero-order valence-electron chi connectivity index (χ0n) is 13.1. The van der Waals surface area contributed by atoms with Crippen molar-refractivity contribution in [3.63, 3.8) is 0 Å². The monoisotopic (exact) mass is 270 g/mol. The van der Waals surface area contributed by atoms with Gasteiger partial charge in [-0.2, -0.15) is 0 Å². The van der Waals surface area contributed by atoms with E-state index in [9.17, 15) is 9.59 Å². The molecular weight excluding hydrogens is 244 g/mol. The molecule has 0 N–H and O–H groups in total. The van der Waals surface area contributed by atoms with Crippen molar-refractivity contribution in [1.29, 1.82) is 0 Å². The van der Waals surface area contributed by atoms with Gasteiger partial charge in [0.25, 0.3) is 0 Å². The van der Waals surface area contributed by atoms with Crippen molar-refractivity contribution in [2.75, 3.05) is 20.6 Å². The molecule has 2 amide bonds. The number of likely N-dealkylation sites (tertiary alicyclic amines) is 1. The van der Waals surface area contributed by atoms with Crippen LogP contribution < -0.4 is 0 Å². The number of hydrogen-bond acceptors (Lipinski definition) is 3. The van der Waals surface area contributed by atoms with Crippen LogP contribution in [0.15, 0.2) is 0 Å². The number of carbonyl (C=O) groups excluding carboxylic acids is 2. The Bertz CT molecular complexity index is 373. The maximum absolute atomic E-state index is 12.2. The first-order valence-corrected chi connectivity index (χ1v) is 6.68. The normalized spacial score (nSPS) is 27.3. The number of rotatable bonds is 1. The fourth-order valence-corrected chi connectivity index (χ4v) is 2.62. The molecule has 0 aromatic carbocycles. The largest absolute Gasteiger partial charge is 0.444 e. The fourth-order valence-electron chi connectivity index (χ4n) is 2.62. The van der Waals surface area contributed by atoms with Gasteiger partial charge in [0.15, 0.2) is 0 Å². The summed E-state index contributed by atoms with van der Waals surface area (Å²) in [7, 11) is 3.49. The summed E-state index contributed by atoms with van der Waals surface area (Å²) in [6.45, 7) is 9.82. The predicted molar refractivity (Wildman–Crippen MR) is 73.8 cm³/mol. The Hall–Kier alpha value is -1.26. The molecule has 1 fully saturated rings. The average Bonchev–Trinajstić information content (AvgIpc) is 2.52. The van der Waals surface area contributed by atoms with E-state index >= 15 is 0 Å². The van der Waals surface area contributed by atoms with Crippen molar-refractivity contribution < 1.29 is 14.3 Å². The van der Waals surface area contributed by atoms with Gasteiger partial charge in [-0.05, 0) is 41.0 Å². The highest BCUT2D eigenvalue weighted by Crippen LogP contribution is 2.36. The summed E-state index contributed by atoms with van der Waals surface area (Å²) < 4.78 is 5.39. The highest BCUT2D eigenvalue weighted by molar-refractivity contribution is 5.84. The minimum atomic E-state index is -0.514. The van der Waals surface area contributed by atoms with Crippen molar-refractivity contribution >= 4 is 12.0 Å². The van der Waals surface area contributed by atoms with Crippen LogP contribution in [0.4, 0.5) is 4.79 Å². The van der Waals surface area contributed by atoms with Crippen LogP contribution in [-0.4, -0.2) is 54.1 Å². The lowest BCUT2D eigenvalue weighted by atomic mass is 9.86. The fraction of sp³-hybridized carbons (Fsp3) is 0.857. The first-order valence-electron chi connectivity index (χ1n) is 6.68. The second-order valence-electron chi connectivity index (χ2n) is 6.92. The molecule has 0 aromatic rings. The van der Waals surface area contributed by atoms with E-state index in [0.717, 1.165) is 0 Å². The van der Waals surface area contributed by atoms with Crippen molar-refractivity contribution in [2.45, 2.75) is 52.7 Å². The van der Waals surface area contributed by atoms with Crippen LogP contribution in [0.2, 0.25) is 0 Å². The quantitative estimate of drug-likeness (QED) is 0.733. The van der Waals surface area contributed by atoms with Crippen LogP contribution in [0.5, 0.6) is 0 Å². The van der Waals surface area contributed by atoms with Crippen LogP contribution >= 0.6 is 0 Å². The molecule has 2 atom stereocenters. The van der Waals surface area contributed by atoms with E-state index in [1.165, 1.54) is 0 Å². The molecule has 1 rings (SSSR count). The number of hydrogen-bond donors (Lipinski definition) is 0. The van der Waals surface area contributed by atoms with E-state index in [1.54, 1.807) is 23.9 Å². The molecule has 110 valence electrons. The number of carbonyl (C=O) groups is 2. The molecule has 0 radical (unpaired) electrons. The van der Waals surface area contributed by atoms with Gasteiger partial charge < -0.3 is 14.5 Å². The third kappa shape index (κ3) is 3.61. The predicted octanol–water partition coefficient (Wildman–Crippen LogP) is 2.11. The molecule has 1 aliphatic heterocycles. The second-order valence-corrected chi connectivity index (χ2v) is 6.92. The lowest BCUT2D eigenvalue weighted by molar-refractivity contribution is -0.137. The molecule has 19 heavy (non-hydrogen) atoms. The molecule has 5 nitrogen and oxygen atoms in total. The third-order valence-electron chi connectivity index (χ3n) is 3.35. The first kappa shape index (κ1) is 15.8. The topological polar surface area (TPSA) is 49.9 Å². The lowest BCUT2D eigenvalue weighted by Crippen LogP contribution is -2.43. The summed E-state index contributed by atoms with van der Waals surface area (Å²) in [6.07, 6.45) is 0.332. The minimum absolute atomic E-state index is 0.0174. The zero-order valence-corrected chi connectivity index (χ0v) is 13.1. The van der Waals surface area contributed by atoms with Crippen LogP contribution in [0.25, 0.3) is 0 Å². The molecule has 1 aliphatic rings. The number of amides is 2. The van der Waals surface area contributed by atoms with Gasteiger partial charge in [-0.15, -0.1) is 0 Å². The van der Waals surface area contributed by atoms with Gasteiger partial charge in [0.1, 0.15) is 5.60 Å². The molecule has 2 unspecified atom stereocenters. The van der Waals surface area contributed by atoms with Gasteiger partial charge in [-0.1, -0.05) is 0 Å². The van der Waals surface area contributed by atoms with Crippen molar-refractivity contribution in [1.82, 2.24) is 9.80 Å². The summed E-state index contributed by atoms with van der Waals surface area (Å²) >= 11 is 0. The summed E-state index contributed by atoms with van der Waals surface area (Å²) in [5, 5.41) is 0. The van der Waals surface area contributed by atoms with Gasteiger partial charge in [-0.25, -0.2) is 4.79 Å². The molecular formula is C14H26N2O3. The van der Waals surface area contributed by atoms with E-state index in [1.807, 2.05) is 34.6 Å². The Morgan fingerprint density at radius 1 is 1.32 bits per heavy atom. The van der Waals surface area contributed by atoms with Crippen molar-refractivity contribution in [2.24, 2.45) is 5.41 Å². The molecule has 0 saturated carbocycles. The molecule has 5 heteroatoms. The molecule has 0 aromatic heterocycles. The van der Waals surface area contributed by atoms with Crippen LogP contribution in [0.3, 0.4) is 0 Å². The van der Waals surface area contributed by atoms with Gasteiger partial charge in [-0.3, -0.25) is 4.79 Å². The van der Waals surface area contributed by atoms with E-state index < -0.39 is 11.0 Å². The molecule has 0 aliphatic carbocycles. The molecule has 0 bridgehead atoms. The highest BCUT2D eigenvalue weighted by Gasteiger charge is 2.47. The Morgan fingerprint density at radius 3 is 2.26 bits per heavy atom. The Balaban J connectivity index is 2.80. The van der Waals surface area contributed by atoms with Crippen LogP contribution in [0, 0.1) is 5.41 Å². The Kier molecular flexibility index (Phi) is 4.17. The first-order chi connectivity index (χ1) is 8.46. The maximum Gasteiger partial charge on any atom is 0.410 e. The summed E-state index contributed by atoms with van der Waals surface area (Å²) in [6, 6.07) is 0.0174. The third-order valence-corrected chi connectivity index (χ3v) is 3.35. The second kappa shape index (κ2) is 5.02. The van der Waals surface area contributed by atoms with Crippen LogP contribution in [-0.2, 0) is 9.53 Å². The Labute approximate surface area is 115 Å². The summed E-state index contributed by atoms with van der Waals surface area (Å²) in [4.78, 5) is 27.6. The number of nitrogens with zero attached hydrogens (tertiary/aromatic N) is 2. The highest BCUT2D eigenvalue weighted by atomic mass is 16.6. The summed E-state index contributed by atoms with van der Waals surface area (Å²) in [5.74, 6) is 0.0606. The van der Waals surface area contributed by atoms with Gasteiger partial charge in [0, 0.05) is 26.7 Å².